The number of aromatic nitrogens is 2. The summed E-state index contributed by atoms with van der Waals surface area (Å²) in [6.45, 7) is 3.86. The Balaban J connectivity index is 2.46. The van der Waals surface area contributed by atoms with Gasteiger partial charge in [0.2, 0.25) is 0 Å². The molecule has 1 aromatic heterocycles. The van der Waals surface area contributed by atoms with Gasteiger partial charge in [0.05, 0.1) is 4.92 Å². The predicted octanol–water partition coefficient (Wildman–Crippen LogP) is 2.45. The van der Waals surface area contributed by atoms with Gasteiger partial charge in [-0.05, 0) is 31.9 Å². The topological polar surface area (TPSA) is 90.4 Å². The van der Waals surface area contributed by atoms with Gasteiger partial charge < -0.3 is 9.84 Å². The zero-order valence-corrected chi connectivity index (χ0v) is 11.9. The van der Waals surface area contributed by atoms with Crippen molar-refractivity contribution in [2.75, 3.05) is 6.61 Å². The summed E-state index contributed by atoms with van der Waals surface area (Å²) >= 11 is 0. The SMILES string of the molecule is CCn1nc(C)c([N+](=O)[O-])c1Oc1ccccc1CCO. The third-order valence-electron chi connectivity index (χ3n) is 3.09. The number of hydrogen-bond acceptors (Lipinski definition) is 5. The first-order chi connectivity index (χ1) is 10.1. The van der Waals surface area contributed by atoms with Crippen LogP contribution in [0.3, 0.4) is 0 Å². The van der Waals surface area contributed by atoms with Crippen LogP contribution in [-0.4, -0.2) is 26.4 Å². The van der Waals surface area contributed by atoms with Crippen molar-refractivity contribution in [3.63, 3.8) is 0 Å². The van der Waals surface area contributed by atoms with Crippen LogP contribution in [0.4, 0.5) is 5.69 Å². The lowest BCUT2D eigenvalue weighted by Gasteiger charge is -2.10. The molecular formula is C14H17N3O4. The third kappa shape index (κ3) is 3.03. The van der Waals surface area contributed by atoms with Gasteiger partial charge in [0.1, 0.15) is 11.4 Å². The first kappa shape index (κ1) is 15.0. The van der Waals surface area contributed by atoms with E-state index in [2.05, 4.69) is 5.10 Å². The average Bonchev–Trinajstić information content (AvgIpc) is 2.77. The van der Waals surface area contributed by atoms with Crippen molar-refractivity contribution in [2.45, 2.75) is 26.8 Å². The average molecular weight is 291 g/mol. The highest BCUT2D eigenvalue weighted by Crippen LogP contribution is 2.35. The van der Waals surface area contributed by atoms with Gasteiger partial charge in [0, 0.05) is 13.2 Å². The van der Waals surface area contributed by atoms with Gasteiger partial charge in [0.25, 0.3) is 5.88 Å². The van der Waals surface area contributed by atoms with Crippen LogP contribution in [0.15, 0.2) is 24.3 Å². The van der Waals surface area contributed by atoms with Crippen LogP contribution >= 0.6 is 0 Å². The fourth-order valence-electron chi connectivity index (χ4n) is 2.11. The summed E-state index contributed by atoms with van der Waals surface area (Å²) < 4.78 is 7.21. The summed E-state index contributed by atoms with van der Waals surface area (Å²) in [4.78, 5) is 10.7. The highest BCUT2D eigenvalue weighted by atomic mass is 16.6. The molecule has 0 spiro atoms. The van der Waals surface area contributed by atoms with Gasteiger partial charge in [0.15, 0.2) is 0 Å². The zero-order valence-electron chi connectivity index (χ0n) is 11.9. The molecule has 7 nitrogen and oxygen atoms in total. The van der Waals surface area contributed by atoms with Crippen LogP contribution in [-0.2, 0) is 13.0 Å². The van der Waals surface area contributed by atoms with Crippen LogP contribution < -0.4 is 4.74 Å². The van der Waals surface area contributed by atoms with E-state index in [1.807, 2.05) is 19.1 Å². The second-order valence-corrected chi connectivity index (χ2v) is 4.50. The van der Waals surface area contributed by atoms with Gasteiger partial charge in [-0.15, -0.1) is 0 Å². The number of nitro groups is 1. The quantitative estimate of drug-likeness (QED) is 0.652. The molecule has 0 aliphatic carbocycles. The van der Waals surface area contributed by atoms with Gasteiger partial charge in [-0.2, -0.15) is 5.10 Å². The van der Waals surface area contributed by atoms with Crippen LogP contribution in [0, 0.1) is 17.0 Å². The minimum Gasteiger partial charge on any atom is -0.434 e. The van der Waals surface area contributed by atoms with Crippen molar-refractivity contribution in [3.8, 4) is 11.6 Å². The van der Waals surface area contributed by atoms with Crippen LogP contribution in [0.25, 0.3) is 0 Å². The van der Waals surface area contributed by atoms with E-state index in [4.69, 9.17) is 9.84 Å². The molecule has 0 atom stereocenters. The molecule has 0 bridgehead atoms. The number of aliphatic hydroxyl groups is 1. The molecule has 0 unspecified atom stereocenters. The highest BCUT2D eigenvalue weighted by molar-refractivity contribution is 5.49. The molecule has 1 N–H and O–H groups in total. The Hall–Kier alpha value is -2.41. The van der Waals surface area contributed by atoms with Crippen molar-refractivity contribution in [1.29, 1.82) is 0 Å². The maximum Gasteiger partial charge on any atom is 0.353 e. The summed E-state index contributed by atoms with van der Waals surface area (Å²) in [5, 5.41) is 24.4. The molecule has 112 valence electrons. The lowest BCUT2D eigenvalue weighted by atomic mass is 10.1. The highest BCUT2D eigenvalue weighted by Gasteiger charge is 2.27. The van der Waals surface area contributed by atoms with Crippen LogP contribution in [0.2, 0.25) is 0 Å². The predicted molar refractivity (Wildman–Crippen MR) is 76.6 cm³/mol. The Bertz CT molecular complexity index is 652. The minimum absolute atomic E-state index is 0.0193. The van der Waals surface area contributed by atoms with Crippen molar-refractivity contribution >= 4 is 5.69 Å². The lowest BCUT2D eigenvalue weighted by Crippen LogP contribution is -2.03. The molecule has 7 heteroatoms. The monoisotopic (exact) mass is 291 g/mol. The minimum atomic E-state index is -0.488. The van der Waals surface area contributed by atoms with Gasteiger partial charge in [-0.1, -0.05) is 18.2 Å². The molecule has 0 fully saturated rings. The van der Waals surface area contributed by atoms with Crippen molar-refractivity contribution in [2.24, 2.45) is 0 Å². The number of aliphatic hydroxyl groups excluding tert-OH is 1. The summed E-state index contributed by atoms with van der Waals surface area (Å²) in [6, 6.07) is 7.14. The largest absolute Gasteiger partial charge is 0.434 e. The summed E-state index contributed by atoms with van der Waals surface area (Å²) in [5.74, 6) is 0.606. The molecular weight excluding hydrogens is 274 g/mol. The number of nitrogens with zero attached hydrogens (tertiary/aromatic N) is 3. The van der Waals surface area contributed by atoms with Gasteiger partial charge in [-0.3, -0.25) is 10.1 Å². The molecule has 0 aliphatic rings. The molecule has 0 amide bonds. The number of ether oxygens (including phenoxy) is 1. The molecule has 0 radical (unpaired) electrons. The number of hydrogen-bond donors (Lipinski definition) is 1. The van der Waals surface area contributed by atoms with E-state index in [-0.39, 0.29) is 18.2 Å². The second kappa shape index (κ2) is 6.36. The first-order valence-corrected chi connectivity index (χ1v) is 6.66. The third-order valence-corrected chi connectivity index (χ3v) is 3.09. The van der Waals surface area contributed by atoms with E-state index in [0.29, 0.717) is 24.4 Å². The summed E-state index contributed by atoms with van der Waals surface area (Å²) in [5.41, 5.74) is 0.975. The summed E-state index contributed by atoms with van der Waals surface area (Å²) in [7, 11) is 0. The van der Waals surface area contributed by atoms with Gasteiger partial charge in [-0.25, -0.2) is 4.68 Å². The Morgan fingerprint density at radius 3 is 2.76 bits per heavy atom. The standard InChI is InChI=1S/C14H17N3O4/c1-3-16-14(13(17(19)20)10(2)15-16)21-12-7-5-4-6-11(12)8-9-18/h4-7,18H,3,8-9H2,1-2H3. The first-order valence-electron chi connectivity index (χ1n) is 6.66. The molecule has 0 saturated carbocycles. The van der Waals surface area contributed by atoms with Crippen LogP contribution in [0.1, 0.15) is 18.2 Å². The van der Waals surface area contributed by atoms with Crippen molar-refractivity contribution in [3.05, 3.63) is 45.6 Å². The lowest BCUT2D eigenvalue weighted by molar-refractivity contribution is -0.386. The fraction of sp³-hybridized carbons (Fsp3) is 0.357. The zero-order chi connectivity index (χ0) is 15.4. The van der Waals surface area contributed by atoms with Gasteiger partial charge >= 0.3 is 5.69 Å². The number of aryl methyl sites for hydroxylation is 2. The normalized spacial score (nSPS) is 10.6. The number of benzene rings is 1. The van der Waals surface area contributed by atoms with E-state index in [1.54, 1.807) is 19.1 Å². The number of rotatable bonds is 6. The Morgan fingerprint density at radius 2 is 2.14 bits per heavy atom. The summed E-state index contributed by atoms with van der Waals surface area (Å²) in [6.07, 6.45) is 0.420. The smallest absolute Gasteiger partial charge is 0.353 e. The Morgan fingerprint density at radius 1 is 1.43 bits per heavy atom. The van der Waals surface area contributed by atoms with E-state index in [0.717, 1.165) is 5.56 Å². The molecule has 2 rings (SSSR count). The molecule has 1 aromatic carbocycles. The van der Waals surface area contributed by atoms with Crippen molar-refractivity contribution < 1.29 is 14.8 Å². The van der Waals surface area contributed by atoms with E-state index in [9.17, 15) is 10.1 Å². The number of para-hydroxylation sites is 1. The molecule has 0 aliphatic heterocycles. The maximum atomic E-state index is 11.2. The molecule has 0 saturated heterocycles. The molecule has 21 heavy (non-hydrogen) atoms. The maximum absolute atomic E-state index is 11.2. The fourth-order valence-corrected chi connectivity index (χ4v) is 2.11. The molecule has 1 heterocycles. The Kier molecular flexibility index (Phi) is 4.54. The van der Waals surface area contributed by atoms with E-state index in [1.165, 1.54) is 4.68 Å². The Labute approximate surface area is 121 Å². The molecule has 2 aromatic rings. The van der Waals surface area contributed by atoms with E-state index < -0.39 is 4.92 Å². The van der Waals surface area contributed by atoms with Crippen LogP contribution in [0.5, 0.6) is 11.6 Å². The second-order valence-electron chi connectivity index (χ2n) is 4.50. The van der Waals surface area contributed by atoms with E-state index >= 15 is 0 Å². The van der Waals surface area contributed by atoms with Crippen molar-refractivity contribution in [1.82, 2.24) is 9.78 Å².